The van der Waals surface area contributed by atoms with Crippen molar-refractivity contribution in [3.8, 4) is 0 Å². The highest BCUT2D eigenvalue weighted by atomic mass is 16.2. The van der Waals surface area contributed by atoms with Crippen LogP contribution in [-0.2, 0) is 16.1 Å². The highest BCUT2D eigenvalue weighted by Crippen LogP contribution is 2.42. The number of likely N-dealkylation sites (tertiary alicyclic amines) is 2. The van der Waals surface area contributed by atoms with Crippen molar-refractivity contribution in [1.82, 2.24) is 19.4 Å². The molecule has 0 bridgehead atoms. The summed E-state index contributed by atoms with van der Waals surface area (Å²) >= 11 is 0. The van der Waals surface area contributed by atoms with Crippen molar-refractivity contribution in [2.45, 2.75) is 77.8 Å². The van der Waals surface area contributed by atoms with Gasteiger partial charge in [0.25, 0.3) is 0 Å². The Morgan fingerprint density at radius 3 is 2.63 bits per heavy atom. The second kappa shape index (κ2) is 7.28. The van der Waals surface area contributed by atoms with E-state index >= 15 is 0 Å². The van der Waals surface area contributed by atoms with E-state index in [1.54, 1.807) is 6.33 Å². The molecular formula is C21H32N4O2. The molecule has 0 radical (unpaired) electrons. The molecule has 2 saturated heterocycles. The number of amides is 2. The standard InChI is InChI=1S/C21H32N4O2/c1-16-17(2)24(15-22-16)13-19(26)23-12-10-21(14-23)9-6-11-25(20(21)27)18-7-4-3-5-8-18/h15,18H,3-14H2,1-2H3/t21-/m1/s1. The number of aryl methyl sites for hydroxylation is 1. The lowest BCUT2D eigenvalue weighted by Crippen LogP contribution is -2.54. The molecule has 0 unspecified atom stereocenters. The molecule has 3 aliphatic rings. The summed E-state index contributed by atoms with van der Waals surface area (Å²) in [6, 6.07) is 0.435. The smallest absolute Gasteiger partial charge is 0.242 e. The Hall–Kier alpha value is -1.85. The summed E-state index contributed by atoms with van der Waals surface area (Å²) in [5.74, 6) is 0.431. The van der Waals surface area contributed by atoms with Crippen molar-refractivity contribution >= 4 is 11.8 Å². The van der Waals surface area contributed by atoms with Crippen molar-refractivity contribution in [1.29, 1.82) is 0 Å². The Labute approximate surface area is 161 Å². The molecule has 0 aromatic carbocycles. The van der Waals surface area contributed by atoms with Gasteiger partial charge in [-0.25, -0.2) is 4.98 Å². The molecule has 4 rings (SSSR count). The van der Waals surface area contributed by atoms with Gasteiger partial charge in [0.2, 0.25) is 11.8 Å². The van der Waals surface area contributed by atoms with Crippen LogP contribution in [0, 0.1) is 19.3 Å². The Morgan fingerprint density at radius 1 is 1.15 bits per heavy atom. The van der Waals surface area contributed by atoms with Crippen LogP contribution in [0.3, 0.4) is 0 Å². The molecule has 1 spiro atoms. The summed E-state index contributed by atoms with van der Waals surface area (Å²) in [4.78, 5) is 34.6. The number of rotatable bonds is 3. The lowest BCUT2D eigenvalue weighted by Gasteiger charge is -2.44. The number of aromatic nitrogens is 2. The van der Waals surface area contributed by atoms with Crippen LogP contribution in [0.25, 0.3) is 0 Å². The topological polar surface area (TPSA) is 58.4 Å². The van der Waals surface area contributed by atoms with Gasteiger partial charge in [-0.05, 0) is 46.0 Å². The highest BCUT2D eigenvalue weighted by molar-refractivity contribution is 5.86. The summed E-state index contributed by atoms with van der Waals surface area (Å²) in [5, 5.41) is 0. The van der Waals surface area contributed by atoms with Crippen molar-refractivity contribution in [3.05, 3.63) is 17.7 Å². The van der Waals surface area contributed by atoms with Crippen LogP contribution < -0.4 is 0 Å². The molecule has 3 fully saturated rings. The van der Waals surface area contributed by atoms with E-state index in [2.05, 4.69) is 9.88 Å². The summed E-state index contributed by atoms with van der Waals surface area (Å²) in [5.41, 5.74) is 1.67. The van der Waals surface area contributed by atoms with Gasteiger partial charge in [-0.1, -0.05) is 19.3 Å². The first-order valence-corrected chi connectivity index (χ1v) is 10.6. The van der Waals surface area contributed by atoms with Crippen molar-refractivity contribution in [2.24, 2.45) is 5.41 Å². The number of carbonyl (C=O) groups is 2. The Balaban J connectivity index is 1.43. The summed E-state index contributed by atoms with van der Waals surface area (Å²) in [7, 11) is 0. The van der Waals surface area contributed by atoms with Crippen LogP contribution in [0.5, 0.6) is 0 Å². The zero-order valence-electron chi connectivity index (χ0n) is 16.7. The Bertz CT molecular complexity index is 722. The third kappa shape index (κ3) is 3.39. The molecule has 1 aliphatic carbocycles. The molecule has 148 valence electrons. The monoisotopic (exact) mass is 372 g/mol. The lowest BCUT2D eigenvalue weighted by molar-refractivity contribution is -0.149. The Morgan fingerprint density at radius 2 is 1.93 bits per heavy atom. The van der Waals surface area contributed by atoms with Crippen molar-refractivity contribution in [2.75, 3.05) is 19.6 Å². The summed E-state index contributed by atoms with van der Waals surface area (Å²) < 4.78 is 1.92. The van der Waals surface area contributed by atoms with Crippen LogP contribution in [0.4, 0.5) is 0 Å². The molecule has 2 aliphatic heterocycles. The fraction of sp³-hybridized carbons (Fsp3) is 0.762. The molecular weight excluding hydrogens is 340 g/mol. The van der Waals surface area contributed by atoms with E-state index < -0.39 is 0 Å². The van der Waals surface area contributed by atoms with Crippen LogP contribution in [0.15, 0.2) is 6.33 Å². The fourth-order valence-electron chi connectivity index (χ4n) is 5.26. The van der Waals surface area contributed by atoms with Crippen molar-refractivity contribution in [3.63, 3.8) is 0 Å². The quantitative estimate of drug-likeness (QED) is 0.820. The third-order valence-electron chi connectivity index (χ3n) is 7.14. The maximum absolute atomic E-state index is 13.4. The SMILES string of the molecule is Cc1ncn(CC(=O)N2CC[C@]3(CCCN(C4CCCCC4)C3=O)C2)c1C. The van der Waals surface area contributed by atoms with Crippen molar-refractivity contribution < 1.29 is 9.59 Å². The second-order valence-electron chi connectivity index (χ2n) is 8.78. The lowest BCUT2D eigenvalue weighted by atomic mass is 9.77. The van der Waals surface area contributed by atoms with E-state index in [1.165, 1.54) is 19.3 Å². The molecule has 1 aromatic rings. The highest BCUT2D eigenvalue weighted by Gasteiger charge is 2.50. The molecule has 6 nitrogen and oxygen atoms in total. The molecule has 27 heavy (non-hydrogen) atoms. The minimum atomic E-state index is -0.328. The molecule has 1 atom stereocenters. The van der Waals surface area contributed by atoms with Crippen LogP contribution >= 0.6 is 0 Å². The maximum Gasteiger partial charge on any atom is 0.242 e. The molecule has 6 heteroatoms. The minimum absolute atomic E-state index is 0.106. The van der Waals surface area contributed by atoms with Gasteiger partial charge in [-0.3, -0.25) is 9.59 Å². The van der Waals surface area contributed by atoms with Crippen LogP contribution in [0.1, 0.15) is 62.8 Å². The van der Waals surface area contributed by atoms with E-state index in [9.17, 15) is 9.59 Å². The first-order valence-electron chi connectivity index (χ1n) is 10.6. The Kier molecular flexibility index (Phi) is 4.99. The van der Waals surface area contributed by atoms with Gasteiger partial charge in [0.1, 0.15) is 6.54 Å². The molecule has 0 N–H and O–H groups in total. The van der Waals surface area contributed by atoms with E-state index in [1.807, 2.05) is 23.3 Å². The van der Waals surface area contributed by atoms with Gasteiger partial charge < -0.3 is 14.4 Å². The predicted molar refractivity (Wildman–Crippen MR) is 103 cm³/mol. The van der Waals surface area contributed by atoms with E-state index in [-0.39, 0.29) is 11.3 Å². The number of carbonyl (C=O) groups excluding carboxylic acids is 2. The number of nitrogens with zero attached hydrogens (tertiary/aromatic N) is 4. The fourth-order valence-corrected chi connectivity index (χ4v) is 5.26. The van der Waals surface area contributed by atoms with Gasteiger partial charge in [0.15, 0.2) is 0 Å². The normalized spacial score (nSPS) is 27.0. The number of piperidine rings is 1. The van der Waals surface area contributed by atoms with E-state index in [0.717, 1.165) is 50.0 Å². The third-order valence-corrected chi connectivity index (χ3v) is 7.14. The molecule has 3 heterocycles. The minimum Gasteiger partial charge on any atom is -0.340 e. The number of imidazole rings is 1. The second-order valence-corrected chi connectivity index (χ2v) is 8.78. The molecule has 1 aromatic heterocycles. The van der Waals surface area contributed by atoms with Gasteiger partial charge in [0, 0.05) is 31.4 Å². The van der Waals surface area contributed by atoms with Crippen LogP contribution in [-0.4, -0.2) is 56.8 Å². The average Bonchev–Trinajstić information content (AvgIpc) is 3.25. The van der Waals surface area contributed by atoms with E-state index in [4.69, 9.17) is 0 Å². The summed E-state index contributed by atoms with van der Waals surface area (Å²) in [6.07, 6.45) is 10.7. The number of hydrogen-bond donors (Lipinski definition) is 0. The number of hydrogen-bond acceptors (Lipinski definition) is 3. The first kappa shape index (κ1) is 18.5. The van der Waals surface area contributed by atoms with Gasteiger partial charge in [-0.2, -0.15) is 0 Å². The largest absolute Gasteiger partial charge is 0.340 e. The van der Waals surface area contributed by atoms with Gasteiger partial charge >= 0.3 is 0 Å². The molecule has 1 saturated carbocycles. The predicted octanol–water partition coefficient (Wildman–Crippen LogP) is 2.67. The zero-order valence-corrected chi connectivity index (χ0v) is 16.7. The maximum atomic E-state index is 13.4. The zero-order chi connectivity index (χ0) is 19.0. The van der Waals surface area contributed by atoms with Gasteiger partial charge in [0.05, 0.1) is 17.4 Å². The van der Waals surface area contributed by atoms with E-state index in [0.29, 0.717) is 31.6 Å². The summed E-state index contributed by atoms with van der Waals surface area (Å²) in [6.45, 7) is 6.49. The van der Waals surface area contributed by atoms with Crippen LogP contribution in [0.2, 0.25) is 0 Å². The molecule has 2 amide bonds. The average molecular weight is 373 g/mol. The first-order chi connectivity index (χ1) is 13.0. The van der Waals surface area contributed by atoms with Gasteiger partial charge in [-0.15, -0.1) is 0 Å².